The maximum Gasteiger partial charge on any atom is 0.164 e. The van der Waals surface area contributed by atoms with Gasteiger partial charge in [-0.3, -0.25) is 4.40 Å². The third-order valence-corrected chi connectivity index (χ3v) is 4.70. The van der Waals surface area contributed by atoms with E-state index in [1.165, 1.54) is 24.3 Å². The summed E-state index contributed by atoms with van der Waals surface area (Å²) < 4.78 is 7.27. The fourth-order valence-electron chi connectivity index (χ4n) is 2.41. The summed E-state index contributed by atoms with van der Waals surface area (Å²) in [6.07, 6.45) is 5.68. The van der Waals surface area contributed by atoms with Crippen LogP contribution in [-0.2, 0) is 6.42 Å². The standard InChI is InChI=1S/C13H17N3OS/c1-17-11-4-5-16-12(14-15-13(16)8-11)7-10-3-2-6-18-9-10/h4-5,8,10H,2-3,6-7,9H2,1H3. The Morgan fingerprint density at radius 2 is 2.44 bits per heavy atom. The summed E-state index contributed by atoms with van der Waals surface area (Å²) in [7, 11) is 1.67. The SMILES string of the molecule is COc1ccn2c(CC3CCCSC3)nnc2c1. The normalized spacial score (nSPS) is 20.2. The Balaban J connectivity index is 1.83. The minimum absolute atomic E-state index is 0.748. The largest absolute Gasteiger partial charge is 0.497 e. The lowest BCUT2D eigenvalue weighted by Gasteiger charge is -2.20. The molecule has 1 saturated heterocycles. The van der Waals surface area contributed by atoms with Gasteiger partial charge in [0.1, 0.15) is 11.6 Å². The average molecular weight is 263 g/mol. The van der Waals surface area contributed by atoms with E-state index in [1.54, 1.807) is 7.11 Å². The van der Waals surface area contributed by atoms with Crippen molar-refractivity contribution in [3.63, 3.8) is 0 Å². The third-order valence-electron chi connectivity index (χ3n) is 3.41. The smallest absolute Gasteiger partial charge is 0.164 e. The van der Waals surface area contributed by atoms with Crippen LogP contribution in [-0.4, -0.2) is 33.2 Å². The molecule has 0 saturated carbocycles. The van der Waals surface area contributed by atoms with Gasteiger partial charge in [0.2, 0.25) is 0 Å². The number of thioether (sulfide) groups is 1. The van der Waals surface area contributed by atoms with Gasteiger partial charge in [-0.1, -0.05) is 0 Å². The number of ether oxygens (including phenoxy) is 1. The second-order valence-corrected chi connectivity index (χ2v) is 5.85. The molecule has 3 rings (SSSR count). The van der Waals surface area contributed by atoms with Crippen LogP contribution in [0.15, 0.2) is 18.3 Å². The van der Waals surface area contributed by atoms with Gasteiger partial charge in [0.15, 0.2) is 5.65 Å². The highest BCUT2D eigenvalue weighted by Crippen LogP contribution is 2.25. The van der Waals surface area contributed by atoms with Crippen molar-refractivity contribution in [3.05, 3.63) is 24.2 Å². The van der Waals surface area contributed by atoms with Crippen LogP contribution in [0.4, 0.5) is 0 Å². The molecule has 0 amide bonds. The van der Waals surface area contributed by atoms with Crippen LogP contribution >= 0.6 is 11.8 Å². The molecular weight excluding hydrogens is 246 g/mol. The van der Waals surface area contributed by atoms with E-state index in [4.69, 9.17) is 4.74 Å². The van der Waals surface area contributed by atoms with Gasteiger partial charge in [0.05, 0.1) is 7.11 Å². The predicted molar refractivity (Wildman–Crippen MR) is 73.3 cm³/mol. The Labute approximate surface area is 111 Å². The fraction of sp³-hybridized carbons (Fsp3) is 0.538. The van der Waals surface area contributed by atoms with Crippen LogP contribution in [0.5, 0.6) is 5.75 Å². The van der Waals surface area contributed by atoms with E-state index in [2.05, 4.69) is 26.4 Å². The van der Waals surface area contributed by atoms with Crippen LogP contribution in [0, 0.1) is 5.92 Å². The zero-order valence-electron chi connectivity index (χ0n) is 10.5. The molecule has 96 valence electrons. The molecule has 0 N–H and O–H groups in total. The first kappa shape index (κ1) is 11.8. The fourth-order valence-corrected chi connectivity index (χ4v) is 3.57. The average Bonchev–Trinajstić information content (AvgIpc) is 2.82. The van der Waals surface area contributed by atoms with Crippen LogP contribution in [0.2, 0.25) is 0 Å². The van der Waals surface area contributed by atoms with Crippen molar-refractivity contribution in [1.82, 2.24) is 14.6 Å². The van der Waals surface area contributed by atoms with Crippen molar-refractivity contribution < 1.29 is 4.74 Å². The summed E-state index contributed by atoms with van der Waals surface area (Å²) in [5.41, 5.74) is 0.868. The molecule has 5 heteroatoms. The Morgan fingerprint density at radius 1 is 1.50 bits per heavy atom. The number of nitrogens with zero attached hydrogens (tertiary/aromatic N) is 3. The number of methoxy groups -OCH3 is 1. The molecular formula is C13H17N3OS. The van der Waals surface area contributed by atoms with E-state index in [-0.39, 0.29) is 0 Å². The van der Waals surface area contributed by atoms with Gasteiger partial charge in [-0.2, -0.15) is 11.8 Å². The summed E-state index contributed by atoms with van der Waals surface area (Å²) in [5.74, 6) is 5.22. The van der Waals surface area contributed by atoms with E-state index >= 15 is 0 Å². The second-order valence-electron chi connectivity index (χ2n) is 4.70. The number of hydrogen-bond donors (Lipinski definition) is 0. The highest BCUT2D eigenvalue weighted by atomic mass is 32.2. The first-order valence-electron chi connectivity index (χ1n) is 6.32. The van der Waals surface area contributed by atoms with E-state index in [1.807, 2.05) is 18.3 Å². The lowest BCUT2D eigenvalue weighted by molar-refractivity contribution is 0.414. The molecule has 1 aliphatic heterocycles. The van der Waals surface area contributed by atoms with Crippen molar-refractivity contribution in [2.24, 2.45) is 5.92 Å². The molecule has 1 atom stereocenters. The summed E-state index contributed by atoms with van der Waals surface area (Å²) >= 11 is 2.06. The zero-order valence-corrected chi connectivity index (χ0v) is 11.3. The Bertz CT molecular complexity index is 534. The summed E-state index contributed by atoms with van der Waals surface area (Å²) in [6.45, 7) is 0. The van der Waals surface area contributed by atoms with Gasteiger partial charge in [-0.05, 0) is 36.3 Å². The second kappa shape index (κ2) is 5.18. The predicted octanol–water partition coefficient (Wildman–Crippen LogP) is 2.42. The van der Waals surface area contributed by atoms with Gasteiger partial charge in [-0.15, -0.1) is 10.2 Å². The van der Waals surface area contributed by atoms with Gasteiger partial charge in [0.25, 0.3) is 0 Å². The van der Waals surface area contributed by atoms with Gasteiger partial charge in [0, 0.05) is 18.7 Å². The number of aromatic nitrogens is 3. The summed E-state index contributed by atoms with van der Waals surface area (Å²) in [4.78, 5) is 0. The van der Waals surface area contributed by atoms with Gasteiger partial charge in [-0.25, -0.2) is 0 Å². The molecule has 2 aromatic rings. The van der Waals surface area contributed by atoms with Crippen molar-refractivity contribution in [3.8, 4) is 5.75 Å². The summed E-state index contributed by atoms with van der Waals surface area (Å²) in [6, 6.07) is 3.88. The van der Waals surface area contributed by atoms with Crippen molar-refractivity contribution >= 4 is 17.4 Å². The molecule has 3 heterocycles. The minimum Gasteiger partial charge on any atom is -0.497 e. The monoisotopic (exact) mass is 263 g/mol. The van der Waals surface area contributed by atoms with Crippen LogP contribution in [0.25, 0.3) is 5.65 Å². The molecule has 1 fully saturated rings. The first-order valence-corrected chi connectivity index (χ1v) is 7.47. The zero-order chi connectivity index (χ0) is 12.4. The van der Waals surface area contributed by atoms with Gasteiger partial charge < -0.3 is 4.74 Å². The van der Waals surface area contributed by atoms with Crippen LogP contribution < -0.4 is 4.74 Å². The van der Waals surface area contributed by atoms with Crippen molar-refractivity contribution in [2.75, 3.05) is 18.6 Å². The van der Waals surface area contributed by atoms with E-state index in [0.717, 1.165) is 29.6 Å². The minimum atomic E-state index is 0.748. The molecule has 0 spiro atoms. The Morgan fingerprint density at radius 3 is 3.22 bits per heavy atom. The molecule has 0 bridgehead atoms. The number of rotatable bonds is 3. The molecule has 4 nitrogen and oxygen atoms in total. The molecule has 18 heavy (non-hydrogen) atoms. The number of fused-ring (bicyclic) bond motifs is 1. The number of hydrogen-bond acceptors (Lipinski definition) is 4. The van der Waals surface area contributed by atoms with E-state index in [0.29, 0.717) is 0 Å². The van der Waals surface area contributed by atoms with E-state index < -0.39 is 0 Å². The topological polar surface area (TPSA) is 39.4 Å². The maximum atomic E-state index is 5.20. The van der Waals surface area contributed by atoms with Crippen LogP contribution in [0.3, 0.4) is 0 Å². The number of pyridine rings is 1. The molecule has 2 aromatic heterocycles. The Hall–Kier alpha value is -1.23. The highest BCUT2D eigenvalue weighted by Gasteiger charge is 2.17. The quantitative estimate of drug-likeness (QED) is 0.852. The van der Waals surface area contributed by atoms with Crippen molar-refractivity contribution in [2.45, 2.75) is 19.3 Å². The molecule has 0 radical (unpaired) electrons. The maximum absolute atomic E-state index is 5.20. The van der Waals surface area contributed by atoms with Crippen LogP contribution in [0.1, 0.15) is 18.7 Å². The molecule has 1 aliphatic rings. The third kappa shape index (κ3) is 2.32. The first-order chi connectivity index (χ1) is 8.86. The lowest BCUT2D eigenvalue weighted by Crippen LogP contribution is -2.14. The lowest BCUT2D eigenvalue weighted by atomic mass is 10.0. The van der Waals surface area contributed by atoms with E-state index in [9.17, 15) is 0 Å². The summed E-state index contributed by atoms with van der Waals surface area (Å²) in [5, 5.41) is 8.53. The van der Waals surface area contributed by atoms with Crippen molar-refractivity contribution in [1.29, 1.82) is 0 Å². The molecule has 0 aromatic carbocycles. The molecule has 1 unspecified atom stereocenters. The van der Waals surface area contributed by atoms with Gasteiger partial charge >= 0.3 is 0 Å². The Kier molecular flexibility index (Phi) is 3.41. The highest BCUT2D eigenvalue weighted by molar-refractivity contribution is 7.99. The molecule has 0 aliphatic carbocycles.